The molecule has 3 nitrogen and oxygen atoms in total. The molecule has 1 atom stereocenters. The molecule has 20 heavy (non-hydrogen) atoms. The Morgan fingerprint density at radius 1 is 1.35 bits per heavy atom. The van der Waals surface area contributed by atoms with E-state index in [1.807, 2.05) is 32.9 Å². The molecule has 1 heterocycles. The number of halogens is 1. The van der Waals surface area contributed by atoms with Crippen LogP contribution in [0.3, 0.4) is 0 Å². The molecule has 2 rings (SSSR count). The smallest absolute Gasteiger partial charge is 0.225 e. The zero-order valence-corrected chi connectivity index (χ0v) is 12.4. The van der Waals surface area contributed by atoms with Gasteiger partial charge in [0.05, 0.1) is 0 Å². The van der Waals surface area contributed by atoms with Crippen molar-refractivity contribution in [2.75, 3.05) is 24.5 Å². The second kappa shape index (κ2) is 5.81. The van der Waals surface area contributed by atoms with Gasteiger partial charge in [0, 0.05) is 30.7 Å². The van der Waals surface area contributed by atoms with E-state index in [0.717, 1.165) is 25.2 Å². The Labute approximate surface area is 120 Å². The number of carbonyl (C=O) groups is 1. The number of benzene rings is 1. The molecule has 110 valence electrons. The van der Waals surface area contributed by atoms with Crippen molar-refractivity contribution in [3.8, 4) is 0 Å². The molecule has 1 aliphatic heterocycles. The second-order valence-electron chi connectivity index (χ2n) is 6.54. The summed E-state index contributed by atoms with van der Waals surface area (Å²) in [5, 5.41) is 3.02. The average molecular weight is 278 g/mol. The zero-order valence-electron chi connectivity index (χ0n) is 12.4. The summed E-state index contributed by atoms with van der Waals surface area (Å²) in [5.74, 6) is 0.353. The predicted octanol–water partition coefficient (Wildman–Crippen LogP) is 2.81. The maximum atomic E-state index is 12.9. The number of amides is 1. The van der Waals surface area contributed by atoms with E-state index in [1.54, 1.807) is 0 Å². The van der Waals surface area contributed by atoms with Gasteiger partial charge in [0.1, 0.15) is 5.82 Å². The van der Waals surface area contributed by atoms with Crippen LogP contribution in [0.5, 0.6) is 0 Å². The molecule has 1 amide bonds. The Hall–Kier alpha value is -1.58. The fraction of sp³-hybridized carbons (Fsp3) is 0.562. The first-order valence-corrected chi connectivity index (χ1v) is 7.15. The molecule has 1 N–H and O–H groups in total. The van der Waals surface area contributed by atoms with Crippen molar-refractivity contribution in [1.82, 2.24) is 5.32 Å². The molecule has 0 saturated carbocycles. The summed E-state index contributed by atoms with van der Waals surface area (Å²) in [6.45, 7) is 8.34. The minimum Gasteiger partial charge on any atom is -0.371 e. The van der Waals surface area contributed by atoms with Crippen LogP contribution in [0.25, 0.3) is 0 Å². The Balaban J connectivity index is 1.84. The molecule has 0 bridgehead atoms. The quantitative estimate of drug-likeness (QED) is 0.922. The van der Waals surface area contributed by atoms with Gasteiger partial charge in [-0.05, 0) is 36.6 Å². The fourth-order valence-electron chi connectivity index (χ4n) is 2.39. The second-order valence-corrected chi connectivity index (χ2v) is 6.54. The first-order valence-electron chi connectivity index (χ1n) is 7.15. The lowest BCUT2D eigenvalue weighted by Crippen LogP contribution is -2.38. The fourth-order valence-corrected chi connectivity index (χ4v) is 2.39. The van der Waals surface area contributed by atoms with Crippen molar-refractivity contribution in [3.05, 3.63) is 30.1 Å². The van der Waals surface area contributed by atoms with Crippen LogP contribution >= 0.6 is 0 Å². The van der Waals surface area contributed by atoms with Crippen LogP contribution in [-0.4, -0.2) is 25.5 Å². The molecule has 1 aromatic carbocycles. The van der Waals surface area contributed by atoms with Crippen LogP contribution in [-0.2, 0) is 4.79 Å². The lowest BCUT2D eigenvalue weighted by molar-refractivity contribution is -0.128. The van der Waals surface area contributed by atoms with Crippen LogP contribution < -0.4 is 10.2 Å². The van der Waals surface area contributed by atoms with E-state index in [4.69, 9.17) is 0 Å². The minimum absolute atomic E-state index is 0.0951. The lowest BCUT2D eigenvalue weighted by Gasteiger charge is -2.21. The minimum atomic E-state index is -0.338. The molecule has 1 fully saturated rings. The number of hydrogen-bond acceptors (Lipinski definition) is 2. The molecular formula is C16H23FN2O. The van der Waals surface area contributed by atoms with Gasteiger partial charge in [-0.15, -0.1) is 0 Å². The maximum absolute atomic E-state index is 12.9. The molecule has 1 aromatic rings. The van der Waals surface area contributed by atoms with Gasteiger partial charge in [-0.3, -0.25) is 4.79 Å². The highest BCUT2D eigenvalue weighted by Crippen LogP contribution is 2.24. The zero-order chi connectivity index (χ0) is 14.8. The van der Waals surface area contributed by atoms with Gasteiger partial charge in [0.2, 0.25) is 5.91 Å². The standard InChI is InChI=1S/C16H23FN2O/c1-16(2,3)15(20)18-10-12-8-9-19(11-12)14-6-4-13(17)5-7-14/h4-7,12H,8-11H2,1-3H3,(H,18,20). The number of hydrogen-bond donors (Lipinski definition) is 1. The highest BCUT2D eigenvalue weighted by molar-refractivity contribution is 5.81. The summed E-state index contributed by atoms with van der Waals surface area (Å²) >= 11 is 0. The predicted molar refractivity (Wildman–Crippen MR) is 79.2 cm³/mol. The SMILES string of the molecule is CC(C)(C)C(=O)NCC1CCN(c2ccc(F)cc2)C1. The molecule has 0 aliphatic carbocycles. The first-order chi connectivity index (χ1) is 9.36. The van der Waals surface area contributed by atoms with Gasteiger partial charge in [0.25, 0.3) is 0 Å². The molecule has 0 radical (unpaired) electrons. The first kappa shape index (κ1) is 14.8. The number of nitrogens with zero attached hydrogens (tertiary/aromatic N) is 1. The van der Waals surface area contributed by atoms with Crippen molar-refractivity contribution >= 4 is 11.6 Å². The van der Waals surface area contributed by atoms with Crippen molar-refractivity contribution in [3.63, 3.8) is 0 Å². The Morgan fingerprint density at radius 3 is 2.60 bits per heavy atom. The van der Waals surface area contributed by atoms with Gasteiger partial charge in [-0.2, -0.15) is 0 Å². The van der Waals surface area contributed by atoms with E-state index in [1.165, 1.54) is 12.1 Å². The van der Waals surface area contributed by atoms with Crippen molar-refractivity contribution < 1.29 is 9.18 Å². The Bertz CT molecular complexity index is 464. The summed E-state index contributed by atoms with van der Waals surface area (Å²) in [6, 6.07) is 6.60. The summed E-state index contributed by atoms with van der Waals surface area (Å²) < 4.78 is 12.9. The Morgan fingerprint density at radius 2 is 2.00 bits per heavy atom. The molecule has 0 aromatic heterocycles. The lowest BCUT2D eigenvalue weighted by atomic mass is 9.95. The van der Waals surface area contributed by atoms with E-state index in [-0.39, 0.29) is 17.1 Å². The number of carbonyl (C=O) groups excluding carboxylic acids is 1. The van der Waals surface area contributed by atoms with Crippen LogP contribution in [0.1, 0.15) is 27.2 Å². The van der Waals surface area contributed by atoms with E-state index < -0.39 is 0 Å². The van der Waals surface area contributed by atoms with Crippen molar-refractivity contribution in [2.24, 2.45) is 11.3 Å². The van der Waals surface area contributed by atoms with E-state index >= 15 is 0 Å². The molecule has 4 heteroatoms. The summed E-state index contributed by atoms with van der Waals surface area (Å²) in [4.78, 5) is 14.1. The third kappa shape index (κ3) is 3.71. The molecular weight excluding hydrogens is 255 g/mol. The topological polar surface area (TPSA) is 32.3 Å². The molecule has 1 saturated heterocycles. The third-order valence-corrected chi connectivity index (χ3v) is 3.71. The van der Waals surface area contributed by atoms with Crippen molar-refractivity contribution in [2.45, 2.75) is 27.2 Å². The summed E-state index contributed by atoms with van der Waals surface area (Å²) in [5.41, 5.74) is 0.714. The largest absolute Gasteiger partial charge is 0.371 e. The van der Waals surface area contributed by atoms with E-state index in [9.17, 15) is 9.18 Å². The van der Waals surface area contributed by atoms with Gasteiger partial charge in [0.15, 0.2) is 0 Å². The summed E-state index contributed by atoms with van der Waals surface area (Å²) in [7, 11) is 0. The average Bonchev–Trinajstić information content (AvgIpc) is 2.84. The normalized spacial score (nSPS) is 19.2. The highest BCUT2D eigenvalue weighted by atomic mass is 19.1. The van der Waals surface area contributed by atoms with E-state index in [0.29, 0.717) is 12.5 Å². The van der Waals surface area contributed by atoms with Crippen LogP contribution in [0.2, 0.25) is 0 Å². The maximum Gasteiger partial charge on any atom is 0.225 e. The number of rotatable bonds is 3. The van der Waals surface area contributed by atoms with Crippen molar-refractivity contribution in [1.29, 1.82) is 0 Å². The molecule has 1 aliphatic rings. The van der Waals surface area contributed by atoms with Gasteiger partial charge >= 0.3 is 0 Å². The van der Waals surface area contributed by atoms with Gasteiger partial charge in [-0.25, -0.2) is 4.39 Å². The number of nitrogens with one attached hydrogen (secondary N) is 1. The molecule has 1 unspecified atom stereocenters. The van der Waals surface area contributed by atoms with Crippen LogP contribution in [0.15, 0.2) is 24.3 Å². The van der Waals surface area contributed by atoms with Gasteiger partial charge < -0.3 is 10.2 Å². The van der Waals surface area contributed by atoms with E-state index in [2.05, 4.69) is 10.2 Å². The molecule has 0 spiro atoms. The monoisotopic (exact) mass is 278 g/mol. The highest BCUT2D eigenvalue weighted by Gasteiger charge is 2.26. The Kier molecular flexibility index (Phi) is 4.31. The van der Waals surface area contributed by atoms with Gasteiger partial charge in [-0.1, -0.05) is 20.8 Å². The van der Waals surface area contributed by atoms with Crippen LogP contribution in [0, 0.1) is 17.2 Å². The summed E-state index contributed by atoms with van der Waals surface area (Å²) in [6.07, 6.45) is 1.06. The third-order valence-electron chi connectivity index (χ3n) is 3.71. The number of anilines is 1. The van der Waals surface area contributed by atoms with Crippen LogP contribution in [0.4, 0.5) is 10.1 Å².